The van der Waals surface area contributed by atoms with Crippen LogP contribution in [-0.4, -0.2) is 26.1 Å². The molecular formula is C22H22FN5OS. The third-order valence-corrected chi connectivity index (χ3v) is 6.02. The number of hydrogen-bond donors (Lipinski definition) is 2. The van der Waals surface area contributed by atoms with Gasteiger partial charge >= 0.3 is 0 Å². The van der Waals surface area contributed by atoms with E-state index in [-0.39, 0.29) is 11.6 Å². The second-order valence-electron chi connectivity index (χ2n) is 7.70. The van der Waals surface area contributed by atoms with E-state index in [2.05, 4.69) is 25.0 Å². The van der Waals surface area contributed by atoms with Gasteiger partial charge in [0.2, 0.25) is 11.9 Å². The average Bonchev–Trinajstić information content (AvgIpc) is 3.59. The predicted molar refractivity (Wildman–Crippen MR) is 118 cm³/mol. The summed E-state index contributed by atoms with van der Waals surface area (Å²) in [6, 6.07) is 10.1. The Morgan fingerprint density at radius 1 is 1.17 bits per heavy atom. The Kier molecular flexibility index (Phi) is 5.67. The Balaban J connectivity index is 1.49. The van der Waals surface area contributed by atoms with Gasteiger partial charge in [-0.3, -0.25) is 14.5 Å². The van der Waals surface area contributed by atoms with Crippen molar-refractivity contribution in [2.45, 2.75) is 37.4 Å². The maximum atomic E-state index is 14.7. The van der Waals surface area contributed by atoms with Crippen LogP contribution >= 0.6 is 11.9 Å². The lowest BCUT2D eigenvalue weighted by Crippen LogP contribution is -2.36. The molecule has 0 atom stereocenters. The molecule has 0 saturated heterocycles. The number of nitrogens with zero attached hydrogens (tertiary/aromatic N) is 3. The standard InChI is InChI=1S/C22H22FN5OS/c1-22(2,19-9-11-25-21(27-19)28-30-16-6-7-16)20(29)26-18-8-5-14(12-17(18)23)15-4-3-10-24-13-15/h3-5,8-13,16H,6-7H2,1-2H3,(H,26,29)(H,25,27,28). The first-order chi connectivity index (χ1) is 14.4. The molecule has 0 unspecified atom stereocenters. The summed E-state index contributed by atoms with van der Waals surface area (Å²) in [5, 5.41) is 3.29. The molecule has 2 aromatic heterocycles. The van der Waals surface area contributed by atoms with Crippen LogP contribution in [0.15, 0.2) is 55.0 Å². The average molecular weight is 424 g/mol. The molecule has 1 aliphatic carbocycles. The molecular weight excluding hydrogens is 401 g/mol. The number of hydrogen-bond acceptors (Lipinski definition) is 6. The van der Waals surface area contributed by atoms with Crippen molar-refractivity contribution in [2.75, 3.05) is 10.0 Å². The number of halogens is 1. The predicted octanol–water partition coefficient (Wildman–Crippen LogP) is 4.82. The molecule has 6 nitrogen and oxygen atoms in total. The molecule has 0 aliphatic heterocycles. The van der Waals surface area contributed by atoms with Crippen LogP contribution in [0.2, 0.25) is 0 Å². The maximum absolute atomic E-state index is 14.7. The number of rotatable bonds is 7. The van der Waals surface area contributed by atoms with Gasteiger partial charge < -0.3 is 5.32 Å². The Bertz CT molecular complexity index is 1060. The summed E-state index contributed by atoms with van der Waals surface area (Å²) in [5.41, 5.74) is 1.20. The van der Waals surface area contributed by atoms with Gasteiger partial charge in [0.05, 0.1) is 16.8 Å². The summed E-state index contributed by atoms with van der Waals surface area (Å²) in [5.74, 6) is -0.390. The molecule has 0 spiro atoms. The van der Waals surface area contributed by atoms with E-state index in [1.807, 2.05) is 6.07 Å². The molecule has 1 aromatic carbocycles. The van der Waals surface area contributed by atoms with Gasteiger partial charge in [-0.15, -0.1) is 0 Å². The van der Waals surface area contributed by atoms with Gasteiger partial charge in [-0.05, 0) is 68.5 Å². The van der Waals surface area contributed by atoms with Crippen LogP contribution in [0.4, 0.5) is 16.0 Å². The summed E-state index contributed by atoms with van der Waals surface area (Å²) >= 11 is 1.60. The summed E-state index contributed by atoms with van der Waals surface area (Å²) in [6.45, 7) is 3.51. The second-order valence-corrected chi connectivity index (χ2v) is 8.81. The summed E-state index contributed by atoms with van der Waals surface area (Å²) < 4.78 is 17.8. The molecule has 0 bridgehead atoms. The molecule has 8 heteroatoms. The molecule has 154 valence electrons. The SMILES string of the molecule is CC(C)(C(=O)Nc1ccc(-c2cccnc2)cc1F)c1ccnc(NSC2CC2)n1. The Morgan fingerprint density at radius 3 is 2.70 bits per heavy atom. The number of amides is 1. The van der Waals surface area contributed by atoms with Crippen LogP contribution in [0.25, 0.3) is 11.1 Å². The minimum absolute atomic E-state index is 0.123. The maximum Gasteiger partial charge on any atom is 0.236 e. The van der Waals surface area contributed by atoms with Crippen LogP contribution < -0.4 is 10.0 Å². The fraction of sp³-hybridized carbons (Fsp3) is 0.273. The van der Waals surface area contributed by atoms with E-state index in [0.29, 0.717) is 22.5 Å². The van der Waals surface area contributed by atoms with E-state index < -0.39 is 11.2 Å². The van der Waals surface area contributed by atoms with Crippen LogP contribution in [0.5, 0.6) is 0 Å². The first kappa shape index (κ1) is 20.3. The van der Waals surface area contributed by atoms with Gasteiger partial charge in [0.15, 0.2) is 0 Å². The van der Waals surface area contributed by atoms with Crippen LogP contribution in [0.1, 0.15) is 32.4 Å². The summed E-state index contributed by atoms with van der Waals surface area (Å²) in [7, 11) is 0. The van der Waals surface area contributed by atoms with E-state index in [1.54, 1.807) is 68.7 Å². The lowest BCUT2D eigenvalue weighted by atomic mass is 9.88. The highest BCUT2D eigenvalue weighted by atomic mass is 32.2. The zero-order valence-electron chi connectivity index (χ0n) is 16.7. The first-order valence-electron chi connectivity index (χ1n) is 9.70. The molecule has 2 heterocycles. The Hall–Kier alpha value is -3.00. The molecule has 1 fully saturated rings. The first-order valence-corrected chi connectivity index (χ1v) is 10.6. The van der Waals surface area contributed by atoms with E-state index in [0.717, 1.165) is 5.56 Å². The third kappa shape index (κ3) is 4.59. The molecule has 1 amide bonds. The van der Waals surface area contributed by atoms with Gasteiger partial charge in [0, 0.05) is 29.4 Å². The highest BCUT2D eigenvalue weighted by Crippen LogP contribution is 2.34. The summed E-state index contributed by atoms with van der Waals surface area (Å²) in [4.78, 5) is 25.7. The van der Waals surface area contributed by atoms with Crippen molar-refractivity contribution in [1.82, 2.24) is 15.0 Å². The van der Waals surface area contributed by atoms with Crippen molar-refractivity contribution in [1.29, 1.82) is 0 Å². The van der Waals surface area contributed by atoms with E-state index in [4.69, 9.17) is 0 Å². The third-order valence-electron chi connectivity index (χ3n) is 4.92. The number of benzene rings is 1. The molecule has 30 heavy (non-hydrogen) atoms. The van der Waals surface area contributed by atoms with E-state index in [1.165, 1.54) is 18.9 Å². The molecule has 0 radical (unpaired) electrons. The van der Waals surface area contributed by atoms with Gasteiger partial charge in [0.25, 0.3) is 0 Å². The highest BCUT2D eigenvalue weighted by molar-refractivity contribution is 8.01. The normalized spacial score (nSPS) is 13.7. The van der Waals surface area contributed by atoms with E-state index in [9.17, 15) is 9.18 Å². The van der Waals surface area contributed by atoms with Crippen LogP contribution in [0, 0.1) is 5.82 Å². The van der Waals surface area contributed by atoms with Crippen LogP contribution in [0.3, 0.4) is 0 Å². The number of pyridine rings is 1. The van der Waals surface area contributed by atoms with Crippen molar-refractivity contribution in [3.05, 3.63) is 66.5 Å². The van der Waals surface area contributed by atoms with Crippen molar-refractivity contribution in [3.63, 3.8) is 0 Å². The van der Waals surface area contributed by atoms with Crippen LogP contribution in [-0.2, 0) is 10.2 Å². The Labute approximate surface area is 178 Å². The zero-order chi connectivity index (χ0) is 21.1. The zero-order valence-corrected chi connectivity index (χ0v) is 17.5. The monoisotopic (exact) mass is 423 g/mol. The fourth-order valence-corrected chi connectivity index (χ4v) is 3.54. The number of carbonyl (C=O) groups is 1. The number of anilines is 2. The van der Waals surface area contributed by atoms with Crippen molar-refractivity contribution in [2.24, 2.45) is 0 Å². The second kappa shape index (κ2) is 8.39. The molecule has 4 rings (SSSR count). The number of nitrogens with one attached hydrogen (secondary N) is 2. The lowest BCUT2D eigenvalue weighted by Gasteiger charge is -2.23. The minimum Gasteiger partial charge on any atom is -0.323 e. The molecule has 3 aromatic rings. The van der Waals surface area contributed by atoms with Gasteiger partial charge in [-0.2, -0.15) is 0 Å². The molecule has 1 aliphatic rings. The van der Waals surface area contributed by atoms with Gasteiger partial charge in [-0.1, -0.05) is 12.1 Å². The largest absolute Gasteiger partial charge is 0.323 e. The van der Waals surface area contributed by atoms with E-state index >= 15 is 0 Å². The molecule has 1 saturated carbocycles. The van der Waals surface area contributed by atoms with Crippen molar-refractivity contribution < 1.29 is 9.18 Å². The minimum atomic E-state index is -0.974. The van der Waals surface area contributed by atoms with Crippen molar-refractivity contribution in [3.8, 4) is 11.1 Å². The highest BCUT2D eigenvalue weighted by Gasteiger charge is 2.32. The van der Waals surface area contributed by atoms with Gasteiger partial charge in [0.1, 0.15) is 5.82 Å². The van der Waals surface area contributed by atoms with Crippen molar-refractivity contribution >= 4 is 29.5 Å². The number of aromatic nitrogens is 3. The molecule has 2 N–H and O–H groups in total. The fourth-order valence-electron chi connectivity index (χ4n) is 2.80. The quantitative estimate of drug-likeness (QED) is 0.531. The smallest absolute Gasteiger partial charge is 0.236 e. The van der Waals surface area contributed by atoms with Gasteiger partial charge in [-0.25, -0.2) is 14.4 Å². The Morgan fingerprint density at radius 2 is 2.00 bits per heavy atom. The summed E-state index contributed by atoms with van der Waals surface area (Å²) in [6.07, 6.45) is 7.33. The topological polar surface area (TPSA) is 79.8 Å². The number of carbonyl (C=O) groups excluding carboxylic acids is 1. The lowest BCUT2D eigenvalue weighted by molar-refractivity contribution is -0.120.